The first kappa shape index (κ1) is 11.2. The molecular weight excluding hydrogens is 218 g/mol. The van der Waals surface area contributed by atoms with Crippen LogP contribution >= 0.6 is 7.02 Å². The van der Waals surface area contributed by atoms with Gasteiger partial charge in [-0.25, -0.2) is 0 Å². The standard InChI is InChI=1S/C12H11BO2P/c14-13-16(15,11-7-3-1-4-8-11)12-9-5-2-6-10-12/h1-10,14H. The van der Waals surface area contributed by atoms with Gasteiger partial charge in [-0.05, 0) is 0 Å². The molecule has 4 heteroatoms. The summed E-state index contributed by atoms with van der Waals surface area (Å²) in [4.78, 5) is 0. The summed E-state index contributed by atoms with van der Waals surface area (Å²) in [6.07, 6.45) is 0. The van der Waals surface area contributed by atoms with Gasteiger partial charge in [0.1, 0.15) is 7.02 Å². The Hall–Kier alpha value is -1.31. The average molecular weight is 229 g/mol. The van der Waals surface area contributed by atoms with Gasteiger partial charge in [0.25, 0.3) is 0 Å². The Kier molecular flexibility index (Phi) is 3.28. The Bertz CT molecular complexity index is 455. The second-order valence-corrected chi connectivity index (χ2v) is 6.02. The van der Waals surface area contributed by atoms with E-state index in [0.29, 0.717) is 10.6 Å². The van der Waals surface area contributed by atoms with Crippen molar-refractivity contribution < 1.29 is 9.59 Å². The highest BCUT2D eigenvalue weighted by Gasteiger charge is 2.27. The fourth-order valence-electron chi connectivity index (χ4n) is 1.58. The third-order valence-electron chi connectivity index (χ3n) is 2.44. The summed E-state index contributed by atoms with van der Waals surface area (Å²) in [5.41, 5.74) is 0. The first-order valence-electron chi connectivity index (χ1n) is 4.97. The van der Waals surface area contributed by atoms with Crippen LogP contribution in [-0.2, 0) is 4.57 Å². The van der Waals surface area contributed by atoms with Gasteiger partial charge in [0, 0.05) is 10.6 Å². The van der Waals surface area contributed by atoms with Crippen LogP contribution in [0.4, 0.5) is 0 Å². The zero-order chi connectivity index (χ0) is 11.4. The molecule has 0 heterocycles. The van der Waals surface area contributed by atoms with Crippen molar-refractivity contribution in [3.05, 3.63) is 60.7 Å². The van der Waals surface area contributed by atoms with Crippen molar-refractivity contribution in [3.63, 3.8) is 0 Å². The minimum atomic E-state index is -2.97. The second kappa shape index (κ2) is 4.69. The fourth-order valence-corrected chi connectivity index (χ4v) is 3.38. The van der Waals surface area contributed by atoms with Crippen molar-refractivity contribution in [2.24, 2.45) is 0 Å². The first-order chi connectivity index (χ1) is 7.77. The highest BCUT2D eigenvalue weighted by molar-refractivity contribution is 8.01. The van der Waals surface area contributed by atoms with Crippen LogP contribution in [0, 0.1) is 0 Å². The molecule has 1 radical (unpaired) electrons. The molecule has 0 unspecified atom stereocenters. The maximum absolute atomic E-state index is 12.7. The van der Waals surface area contributed by atoms with Crippen molar-refractivity contribution in [2.45, 2.75) is 0 Å². The summed E-state index contributed by atoms with van der Waals surface area (Å²) >= 11 is 0. The molecule has 79 valence electrons. The van der Waals surface area contributed by atoms with E-state index in [9.17, 15) is 9.59 Å². The van der Waals surface area contributed by atoms with Crippen molar-refractivity contribution in [3.8, 4) is 0 Å². The Morgan fingerprint density at radius 3 is 1.50 bits per heavy atom. The summed E-state index contributed by atoms with van der Waals surface area (Å²) in [6, 6.07) is 18.0. The lowest BCUT2D eigenvalue weighted by Gasteiger charge is -2.15. The van der Waals surface area contributed by atoms with Crippen LogP contribution in [0.5, 0.6) is 0 Å². The number of rotatable bonds is 3. The summed E-state index contributed by atoms with van der Waals surface area (Å²) < 4.78 is 12.7. The van der Waals surface area contributed by atoms with E-state index >= 15 is 0 Å². The lowest BCUT2D eigenvalue weighted by molar-refractivity contribution is 0.580. The van der Waals surface area contributed by atoms with Gasteiger partial charge < -0.3 is 9.59 Å². The van der Waals surface area contributed by atoms with Gasteiger partial charge in [-0.2, -0.15) is 0 Å². The van der Waals surface area contributed by atoms with Gasteiger partial charge in [-0.15, -0.1) is 0 Å². The predicted molar refractivity (Wildman–Crippen MR) is 67.7 cm³/mol. The molecule has 16 heavy (non-hydrogen) atoms. The highest BCUT2D eigenvalue weighted by Crippen LogP contribution is 2.39. The van der Waals surface area contributed by atoms with E-state index in [-0.39, 0.29) is 0 Å². The first-order valence-corrected chi connectivity index (χ1v) is 6.74. The average Bonchev–Trinajstić information content (AvgIpc) is 2.40. The second-order valence-electron chi connectivity index (χ2n) is 3.44. The maximum Gasteiger partial charge on any atom is 0.380 e. The summed E-state index contributed by atoms with van der Waals surface area (Å²) in [6.45, 7) is 0. The highest BCUT2D eigenvalue weighted by atomic mass is 31.2. The summed E-state index contributed by atoms with van der Waals surface area (Å²) in [5, 5.41) is 10.6. The molecule has 2 rings (SSSR count). The monoisotopic (exact) mass is 229 g/mol. The minimum Gasteiger partial charge on any atom is -0.447 e. The Morgan fingerprint density at radius 2 is 1.19 bits per heavy atom. The topological polar surface area (TPSA) is 37.3 Å². The van der Waals surface area contributed by atoms with E-state index in [2.05, 4.69) is 0 Å². The van der Waals surface area contributed by atoms with Crippen LogP contribution in [-0.4, -0.2) is 12.2 Å². The molecule has 0 atom stereocenters. The predicted octanol–water partition coefficient (Wildman–Crippen LogP) is 1.53. The maximum atomic E-state index is 12.7. The Labute approximate surface area is 95.6 Å². The third kappa shape index (κ3) is 1.97. The molecule has 2 aromatic rings. The SMILES string of the molecule is O=P([B]O)(c1ccccc1)c1ccccc1. The van der Waals surface area contributed by atoms with Crippen LogP contribution in [0.1, 0.15) is 0 Å². The molecule has 0 amide bonds. The molecule has 0 saturated carbocycles. The minimum absolute atomic E-state index is 0.642. The summed E-state index contributed by atoms with van der Waals surface area (Å²) in [7, 11) is -2.16. The van der Waals surface area contributed by atoms with Crippen molar-refractivity contribution in [2.75, 3.05) is 0 Å². The van der Waals surface area contributed by atoms with E-state index in [0.717, 1.165) is 7.20 Å². The van der Waals surface area contributed by atoms with E-state index in [1.807, 2.05) is 36.4 Å². The molecule has 2 nitrogen and oxygen atoms in total. The zero-order valence-corrected chi connectivity index (χ0v) is 9.55. The van der Waals surface area contributed by atoms with Crippen molar-refractivity contribution in [1.29, 1.82) is 0 Å². The molecule has 0 spiro atoms. The van der Waals surface area contributed by atoms with Gasteiger partial charge in [0.05, 0.1) is 0 Å². The van der Waals surface area contributed by atoms with E-state index < -0.39 is 7.02 Å². The molecule has 0 fully saturated rings. The number of hydrogen-bond donors (Lipinski definition) is 1. The third-order valence-corrected chi connectivity index (χ3v) is 4.90. The van der Waals surface area contributed by atoms with Crippen molar-refractivity contribution >= 4 is 24.8 Å². The Morgan fingerprint density at radius 1 is 0.812 bits per heavy atom. The fraction of sp³-hybridized carbons (Fsp3) is 0. The largest absolute Gasteiger partial charge is 0.447 e. The van der Waals surface area contributed by atoms with Gasteiger partial charge in [0.2, 0.25) is 0 Å². The van der Waals surface area contributed by atoms with Crippen LogP contribution in [0.3, 0.4) is 0 Å². The van der Waals surface area contributed by atoms with Crippen molar-refractivity contribution in [1.82, 2.24) is 0 Å². The zero-order valence-electron chi connectivity index (χ0n) is 8.65. The van der Waals surface area contributed by atoms with Crippen LogP contribution < -0.4 is 10.6 Å². The Balaban J connectivity index is 2.54. The molecule has 0 aromatic heterocycles. The number of hydrogen-bond acceptors (Lipinski definition) is 2. The van der Waals surface area contributed by atoms with Gasteiger partial charge in [-0.3, -0.25) is 0 Å². The normalized spacial score (nSPS) is 11.1. The lowest BCUT2D eigenvalue weighted by atomic mass is 10.4. The molecule has 0 saturated heterocycles. The van der Waals surface area contributed by atoms with Crippen LogP contribution in [0.2, 0.25) is 0 Å². The van der Waals surface area contributed by atoms with Crippen LogP contribution in [0.15, 0.2) is 60.7 Å². The molecule has 1 N–H and O–H groups in total. The molecule has 2 aromatic carbocycles. The van der Waals surface area contributed by atoms with Crippen LogP contribution in [0.25, 0.3) is 0 Å². The smallest absolute Gasteiger partial charge is 0.380 e. The molecule has 0 bridgehead atoms. The molecule has 0 aliphatic heterocycles. The van der Waals surface area contributed by atoms with E-state index in [4.69, 9.17) is 0 Å². The molecule has 0 aliphatic carbocycles. The van der Waals surface area contributed by atoms with Gasteiger partial charge in [0.15, 0.2) is 0 Å². The van der Waals surface area contributed by atoms with E-state index in [1.165, 1.54) is 0 Å². The van der Waals surface area contributed by atoms with Gasteiger partial charge in [-0.1, -0.05) is 60.7 Å². The molecule has 0 aliphatic rings. The number of benzene rings is 2. The summed E-state index contributed by atoms with van der Waals surface area (Å²) in [5.74, 6) is 0. The molecular formula is C12H11BO2P. The van der Waals surface area contributed by atoms with Gasteiger partial charge >= 0.3 is 7.20 Å². The van der Waals surface area contributed by atoms with E-state index in [1.54, 1.807) is 24.3 Å². The lowest BCUT2D eigenvalue weighted by Crippen LogP contribution is -2.19. The quantitative estimate of drug-likeness (QED) is 0.640.